The van der Waals surface area contributed by atoms with E-state index >= 15 is 0 Å². The summed E-state index contributed by atoms with van der Waals surface area (Å²) in [6.45, 7) is 0.515. The van der Waals surface area contributed by atoms with Gasteiger partial charge in [-0.15, -0.1) is 0 Å². The Morgan fingerprint density at radius 2 is 2.00 bits per heavy atom. The SMILES string of the molecule is COc1cccc(S(=O)(=O)N2CC(C(=O)N[C@@H](CNC(=O)CCCCc3ccc4c(n3)NCCC4)C(=O)O)C2)c1. The highest BCUT2D eigenvalue weighted by Gasteiger charge is 2.41. The summed E-state index contributed by atoms with van der Waals surface area (Å²) in [5, 5.41) is 17.8. The number of aryl methyl sites for hydroxylation is 2. The highest BCUT2D eigenvalue weighted by atomic mass is 32.2. The minimum Gasteiger partial charge on any atom is -0.497 e. The number of anilines is 1. The summed E-state index contributed by atoms with van der Waals surface area (Å²) in [6.07, 6.45) is 4.46. The first-order valence-electron chi connectivity index (χ1n) is 13.3. The number of carbonyl (C=O) groups is 3. The molecule has 216 valence electrons. The zero-order valence-corrected chi connectivity index (χ0v) is 23.2. The summed E-state index contributed by atoms with van der Waals surface area (Å²) in [5.74, 6) is -1.53. The average molecular weight is 574 g/mol. The molecular weight excluding hydrogens is 538 g/mol. The number of hydrogen-bond acceptors (Lipinski definition) is 8. The Morgan fingerprint density at radius 1 is 1.20 bits per heavy atom. The van der Waals surface area contributed by atoms with E-state index in [2.05, 4.69) is 27.0 Å². The fraction of sp³-hybridized carbons (Fsp3) is 0.481. The number of amides is 2. The second-order valence-electron chi connectivity index (χ2n) is 9.95. The zero-order valence-electron chi connectivity index (χ0n) is 22.4. The normalized spacial score (nSPS) is 16.1. The highest BCUT2D eigenvalue weighted by molar-refractivity contribution is 7.89. The molecule has 1 aromatic heterocycles. The molecule has 0 bridgehead atoms. The topological polar surface area (TPSA) is 167 Å². The number of methoxy groups -OCH3 is 1. The van der Waals surface area contributed by atoms with Crippen LogP contribution in [-0.4, -0.2) is 79.9 Å². The van der Waals surface area contributed by atoms with Crippen molar-refractivity contribution in [3.8, 4) is 5.75 Å². The summed E-state index contributed by atoms with van der Waals surface area (Å²) >= 11 is 0. The van der Waals surface area contributed by atoms with Crippen LogP contribution in [-0.2, 0) is 37.2 Å². The number of sulfonamides is 1. The zero-order chi connectivity index (χ0) is 28.7. The van der Waals surface area contributed by atoms with Gasteiger partial charge in [-0.1, -0.05) is 12.1 Å². The van der Waals surface area contributed by atoms with Gasteiger partial charge in [0.05, 0.1) is 17.9 Å². The lowest BCUT2D eigenvalue weighted by Gasteiger charge is -2.37. The Hall–Kier alpha value is -3.71. The number of carboxylic acid groups (broad SMARTS) is 1. The largest absolute Gasteiger partial charge is 0.497 e. The van der Waals surface area contributed by atoms with Crippen molar-refractivity contribution < 1.29 is 32.6 Å². The van der Waals surface area contributed by atoms with Crippen LogP contribution in [0.15, 0.2) is 41.3 Å². The van der Waals surface area contributed by atoms with Crippen LogP contribution in [0.4, 0.5) is 5.82 Å². The van der Waals surface area contributed by atoms with Gasteiger partial charge in [-0.3, -0.25) is 9.59 Å². The Labute approximate surface area is 233 Å². The van der Waals surface area contributed by atoms with Crippen LogP contribution >= 0.6 is 0 Å². The van der Waals surface area contributed by atoms with Gasteiger partial charge < -0.3 is 25.8 Å². The number of rotatable bonds is 13. The molecule has 1 fully saturated rings. The second kappa shape index (κ2) is 13.1. The van der Waals surface area contributed by atoms with Crippen LogP contribution in [0.25, 0.3) is 0 Å². The van der Waals surface area contributed by atoms with Crippen molar-refractivity contribution in [2.45, 2.75) is 49.5 Å². The molecular formula is C27H35N5O7S. The Kier molecular flexibility index (Phi) is 9.58. The van der Waals surface area contributed by atoms with Gasteiger partial charge in [0.1, 0.15) is 17.6 Å². The predicted molar refractivity (Wildman–Crippen MR) is 146 cm³/mol. The maximum absolute atomic E-state index is 12.8. The van der Waals surface area contributed by atoms with Gasteiger partial charge in [-0.05, 0) is 55.9 Å². The van der Waals surface area contributed by atoms with Crippen LogP contribution in [0.3, 0.4) is 0 Å². The van der Waals surface area contributed by atoms with Gasteiger partial charge >= 0.3 is 5.97 Å². The number of hydrogen-bond donors (Lipinski definition) is 4. The predicted octanol–water partition coefficient (Wildman–Crippen LogP) is 1.17. The van der Waals surface area contributed by atoms with Crippen molar-refractivity contribution in [1.82, 2.24) is 19.9 Å². The molecule has 1 saturated heterocycles. The quantitative estimate of drug-likeness (QED) is 0.257. The highest BCUT2D eigenvalue weighted by Crippen LogP contribution is 2.27. The minimum atomic E-state index is -3.81. The molecule has 0 saturated carbocycles. The van der Waals surface area contributed by atoms with E-state index in [1.54, 1.807) is 12.1 Å². The third kappa shape index (κ3) is 7.27. The minimum absolute atomic E-state index is 0.0489. The summed E-state index contributed by atoms with van der Waals surface area (Å²) in [5.41, 5.74) is 2.19. The van der Waals surface area contributed by atoms with E-state index in [-0.39, 0.29) is 36.9 Å². The number of unbranched alkanes of at least 4 members (excludes halogenated alkanes) is 1. The number of pyridine rings is 1. The van der Waals surface area contributed by atoms with Crippen molar-refractivity contribution in [3.63, 3.8) is 0 Å². The van der Waals surface area contributed by atoms with Crippen molar-refractivity contribution in [2.24, 2.45) is 5.92 Å². The summed E-state index contributed by atoms with van der Waals surface area (Å²) in [7, 11) is -2.37. The molecule has 0 aliphatic carbocycles. The van der Waals surface area contributed by atoms with E-state index in [4.69, 9.17) is 4.74 Å². The standard InChI is InChI=1S/C27H35N5O7S/c1-39-21-8-4-9-22(14-21)40(37,38)32-16-19(17-32)26(34)31-23(27(35)36)15-29-24(33)10-3-2-7-20-12-11-18-6-5-13-28-25(18)30-20/h4,8-9,11-12,14,19,23H,2-3,5-7,10,13,15-17H2,1H3,(H,28,30)(H,29,33)(H,31,34)(H,35,36)/t23-/m0/s1. The number of nitrogens with one attached hydrogen (secondary N) is 3. The van der Waals surface area contributed by atoms with Crippen LogP contribution in [0.5, 0.6) is 5.75 Å². The number of aliphatic carboxylic acids is 1. The van der Waals surface area contributed by atoms with Crippen molar-refractivity contribution in [1.29, 1.82) is 0 Å². The fourth-order valence-electron chi connectivity index (χ4n) is 4.60. The third-order valence-corrected chi connectivity index (χ3v) is 8.88. The molecule has 12 nitrogen and oxygen atoms in total. The van der Waals surface area contributed by atoms with Crippen LogP contribution in [0.1, 0.15) is 36.9 Å². The smallest absolute Gasteiger partial charge is 0.328 e. The second-order valence-corrected chi connectivity index (χ2v) is 11.9. The van der Waals surface area contributed by atoms with Gasteiger partial charge in [0.25, 0.3) is 0 Å². The maximum atomic E-state index is 12.8. The number of fused-ring (bicyclic) bond motifs is 1. The van der Waals surface area contributed by atoms with Crippen molar-refractivity contribution >= 4 is 33.6 Å². The molecule has 1 atom stereocenters. The van der Waals surface area contributed by atoms with E-state index in [1.807, 2.05) is 6.07 Å². The molecule has 0 radical (unpaired) electrons. The lowest BCUT2D eigenvalue weighted by Crippen LogP contribution is -2.58. The Bertz CT molecular complexity index is 1340. The molecule has 2 aliphatic rings. The number of carbonyl (C=O) groups excluding carboxylic acids is 2. The molecule has 4 N–H and O–H groups in total. The average Bonchev–Trinajstić information content (AvgIpc) is 2.92. The van der Waals surface area contributed by atoms with Crippen LogP contribution in [0, 0.1) is 5.92 Å². The van der Waals surface area contributed by atoms with Gasteiger partial charge in [0.15, 0.2) is 0 Å². The molecule has 0 spiro atoms. The first-order chi connectivity index (χ1) is 19.2. The first kappa shape index (κ1) is 29.3. The van der Waals surface area contributed by atoms with E-state index in [0.717, 1.165) is 48.0 Å². The summed E-state index contributed by atoms with van der Waals surface area (Å²) in [4.78, 5) is 41.2. The number of nitrogens with zero attached hydrogens (tertiary/aromatic N) is 2. The molecule has 0 unspecified atom stereocenters. The maximum Gasteiger partial charge on any atom is 0.328 e. The van der Waals surface area contributed by atoms with E-state index in [0.29, 0.717) is 12.2 Å². The fourth-order valence-corrected chi connectivity index (χ4v) is 6.17. The van der Waals surface area contributed by atoms with Gasteiger partial charge in [-0.25, -0.2) is 18.2 Å². The molecule has 4 rings (SSSR count). The lowest BCUT2D eigenvalue weighted by atomic mass is 10.0. The van der Waals surface area contributed by atoms with Crippen molar-refractivity contribution in [3.05, 3.63) is 47.7 Å². The first-order valence-corrected chi connectivity index (χ1v) is 14.8. The lowest BCUT2D eigenvalue weighted by molar-refractivity contribution is -0.143. The molecule has 2 amide bonds. The van der Waals surface area contributed by atoms with E-state index < -0.39 is 33.9 Å². The number of carboxylic acids is 1. The Morgan fingerprint density at radius 3 is 2.75 bits per heavy atom. The summed E-state index contributed by atoms with van der Waals surface area (Å²) < 4.78 is 31.8. The monoisotopic (exact) mass is 573 g/mol. The van der Waals surface area contributed by atoms with Gasteiger partial charge in [0.2, 0.25) is 21.8 Å². The molecule has 1 aromatic carbocycles. The number of aromatic nitrogens is 1. The van der Waals surface area contributed by atoms with Gasteiger partial charge in [-0.2, -0.15) is 4.31 Å². The molecule has 2 aromatic rings. The molecule has 13 heteroatoms. The summed E-state index contributed by atoms with van der Waals surface area (Å²) in [6, 6.07) is 8.81. The number of benzene rings is 1. The van der Waals surface area contributed by atoms with Gasteiger partial charge in [0, 0.05) is 44.4 Å². The van der Waals surface area contributed by atoms with Crippen LogP contribution < -0.4 is 20.7 Å². The van der Waals surface area contributed by atoms with E-state index in [9.17, 15) is 27.9 Å². The van der Waals surface area contributed by atoms with E-state index in [1.165, 1.54) is 24.8 Å². The molecule has 3 heterocycles. The van der Waals surface area contributed by atoms with Crippen molar-refractivity contribution in [2.75, 3.05) is 38.6 Å². The molecule has 2 aliphatic heterocycles. The third-order valence-electron chi connectivity index (χ3n) is 7.05. The Balaban J connectivity index is 1.17. The van der Waals surface area contributed by atoms with Crippen LogP contribution in [0.2, 0.25) is 0 Å². The molecule has 40 heavy (non-hydrogen) atoms. The number of ether oxygens (including phenoxy) is 1.